The Bertz CT molecular complexity index is 5260. The number of halogens is 4. The van der Waals surface area contributed by atoms with Crippen molar-refractivity contribution in [3.63, 3.8) is 0 Å². The molecular weight excluding hydrogens is 1490 g/mol. The Balaban J connectivity index is 0.000000178. The van der Waals surface area contributed by atoms with Crippen molar-refractivity contribution in [1.29, 1.82) is 0 Å². The van der Waals surface area contributed by atoms with Gasteiger partial charge in [0.1, 0.15) is 23.3 Å². The molecule has 0 amide bonds. The molecule has 0 nitrogen and oxygen atoms in total. The summed E-state index contributed by atoms with van der Waals surface area (Å²) >= 11 is 0. The molecule has 0 bridgehead atoms. The highest BCUT2D eigenvalue weighted by Crippen LogP contribution is 2.44. The Kier molecular flexibility index (Phi) is 30.3. The number of rotatable bonds is 13. The van der Waals surface area contributed by atoms with E-state index in [2.05, 4.69) is 200 Å². The van der Waals surface area contributed by atoms with Crippen LogP contribution in [-0.4, -0.2) is 0 Å². The van der Waals surface area contributed by atoms with E-state index in [4.69, 9.17) is 0 Å². The van der Waals surface area contributed by atoms with E-state index in [-0.39, 0.29) is 30.4 Å². The van der Waals surface area contributed by atoms with Crippen LogP contribution in [0, 0.1) is 87.5 Å². The van der Waals surface area contributed by atoms with Gasteiger partial charge in [-0.25, -0.2) is 17.6 Å². The van der Waals surface area contributed by atoms with Gasteiger partial charge >= 0.3 is 0 Å². The van der Waals surface area contributed by atoms with Crippen LogP contribution in [0.25, 0.3) is 89.0 Å². The van der Waals surface area contributed by atoms with Crippen molar-refractivity contribution in [2.75, 3.05) is 0 Å². The van der Waals surface area contributed by atoms with Gasteiger partial charge in [-0.2, -0.15) is 0 Å². The Morgan fingerprint density at radius 2 is 0.328 bits per heavy atom. The number of hydrogen-bond donors (Lipinski definition) is 0. The van der Waals surface area contributed by atoms with Gasteiger partial charge in [-0.05, 0) is 288 Å². The van der Waals surface area contributed by atoms with Gasteiger partial charge < -0.3 is 0 Å². The summed E-state index contributed by atoms with van der Waals surface area (Å²) in [5.74, 6) is 7.36. The van der Waals surface area contributed by atoms with Gasteiger partial charge in [0.25, 0.3) is 0 Å². The topological polar surface area (TPSA) is 0 Å². The molecule has 0 aromatic heterocycles. The van der Waals surface area contributed by atoms with Crippen LogP contribution < -0.4 is 0 Å². The summed E-state index contributed by atoms with van der Waals surface area (Å²) in [6.07, 6.45) is 26.5. The van der Waals surface area contributed by atoms with Crippen LogP contribution in [0.1, 0.15) is 255 Å². The first kappa shape index (κ1) is 87.9. The summed E-state index contributed by atoms with van der Waals surface area (Å²) in [6.45, 7) is 21.8. The molecule has 0 spiro atoms. The van der Waals surface area contributed by atoms with Crippen molar-refractivity contribution in [3.8, 4) is 89.0 Å². The van der Waals surface area contributed by atoms with Gasteiger partial charge in [0.2, 0.25) is 0 Å². The third-order valence-electron chi connectivity index (χ3n) is 27.8. The zero-order valence-corrected chi connectivity index (χ0v) is 74.1. The molecule has 5 aliphatic carbocycles. The molecule has 5 aliphatic rings. The molecule has 0 atom stereocenters. The molecular formula is C118H138F4. The third kappa shape index (κ3) is 23.7. The van der Waals surface area contributed by atoms with E-state index >= 15 is 0 Å². The van der Waals surface area contributed by atoms with Crippen molar-refractivity contribution in [3.05, 3.63) is 370 Å². The van der Waals surface area contributed by atoms with Gasteiger partial charge in [-0.1, -0.05) is 382 Å². The second kappa shape index (κ2) is 42.1. The molecule has 5 fully saturated rings. The monoisotopic (exact) mass is 1630 g/mol. The average molecular weight is 1630 g/mol. The standard InChI is InChI=1S/C26H27F.C26H33F.C26H34.2C20H17F.5H2/c1-18-3-7-20(8-4-18)21-11-13-22(14-12-21)24-15-16-25(26(27)17-24)23-9-5-19(2)6-10-23;1-18-3-7-20(8-4-18)21-11-13-23(14-12-21)25-16-15-24(17-26(25)27)22-9-5-19(2)6-10-22;1-19-3-7-21(8-4-19)23-11-15-25(16-12-23)26-17-13-24(14-18-26)22-9-5-20(2)6-10-22;2*1-14-3-6-16(7-4-14)17-8-10-18(11-9-17)19-12-5-15(2)13-20(19)21;;;;;/h5-6,9-18,20H,3-4,7-8H2,1-2H3;11-20,22H,3-10H2,1-2H3;11-22H,3-10H2,1-2H3;2*3-13H,1-2H3;5*1H. The summed E-state index contributed by atoms with van der Waals surface area (Å²) in [5.41, 5.74) is 28.5. The Morgan fingerprint density at radius 3 is 0.582 bits per heavy atom. The van der Waals surface area contributed by atoms with Crippen LogP contribution in [0.4, 0.5) is 17.6 Å². The van der Waals surface area contributed by atoms with Crippen molar-refractivity contribution in [2.45, 2.75) is 227 Å². The lowest BCUT2D eigenvalue weighted by Crippen LogP contribution is -2.11. The molecule has 0 radical (unpaired) electrons. The van der Waals surface area contributed by atoms with Gasteiger partial charge in [-0.15, -0.1) is 0 Å². The second-order valence-corrected chi connectivity index (χ2v) is 37.4. The summed E-state index contributed by atoms with van der Waals surface area (Å²) in [4.78, 5) is 0. The summed E-state index contributed by atoms with van der Waals surface area (Å²) in [6, 6.07) is 99.5. The van der Waals surface area contributed by atoms with Crippen molar-refractivity contribution < 1.29 is 24.7 Å². The lowest BCUT2D eigenvalue weighted by molar-refractivity contribution is 0.347. The summed E-state index contributed by atoms with van der Waals surface area (Å²) in [7, 11) is 0. The van der Waals surface area contributed by atoms with Gasteiger partial charge in [0.15, 0.2) is 0 Å². The molecule has 0 heterocycles. The van der Waals surface area contributed by atoms with Crippen molar-refractivity contribution in [2.24, 2.45) is 29.6 Å². The van der Waals surface area contributed by atoms with E-state index in [1.165, 1.54) is 184 Å². The lowest BCUT2D eigenvalue weighted by Gasteiger charge is -2.27. The molecule has 0 N–H and O–H groups in total. The first-order valence-corrected chi connectivity index (χ1v) is 46.1. The fourth-order valence-corrected chi connectivity index (χ4v) is 19.3. The highest BCUT2D eigenvalue weighted by molar-refractivity contribution is 5.75. The molecule has 0 aliphatic heterocycles. The quantitative estimate of drug-likeness (QED) is 0.101. The largest absolute Gasteiger partial charge is 0.206 e. The van der Waals surface area contributed by atoms with E-state index in [0.717, 1.165) is 103 Å². The highest BCUT2D eigenvalue weighted by Gasteiger charge is 2.26. The van der Waals surface area contributed by atoms with Crippen LogP contribution in [0.3, 0.4) is 0 Å². The van der Waals surface area contributed by atoms with Crippen molar-refractivity contribution in [1.82, 2.24) is 0 Å². The Morgan fingerprint density at radius 1 is 0.164 bits per heavy atom. The summed E-state index contributed by atoms with van der Waals surface area (Å²) in [5, 5.41) is 0. The molecule has 18 rings (SSSR count). The van der Waals surface area contributed by atoms with Gasteiger partial charge in [-0.3, -0.25) is 0 Å². The molecule has 0 unspecified atom stereocenters. The predicted molar refractivity (Wildman–Crippen MR) is 522 cm³/mol. The van der Waals surface area contributed by atoms with Crippen LogP contribution >= 0.6 is 0 Å². The number of hydrogen-bond acceptors (Lipinski definition) is 0. The smallest absolute Gasteiger partial charge is 0.131 e. The Labute approximate surface area is 736 Å². The van der Waals surface area contributed by atoms with Crippen LogP contribution in [0.15, 0.2) is 291 Å². The maximum Gasteiger partial charge on any atom is 0.131 e. The SMILES string of the molecule is CC1CCC(c2ccc(-c3ccc(C4CCC(C)CC4)cc3)cc2)CC1.CC1CCC(c2ccc(-c3ccc(C4CCC(C)CC4)cc3F)cc2)CC1.Cc1ccc(-c2ccc(-c3ccc(C)cc3F)cc2)cc1.Cc1ccc(-c2ccc(-c3ccc(C)cc3F)cc2)cc1.Cc1ccc(-c2ccc(-c3ccc(C4CCC(C)CC4)cc3)cc2F)cc1.[HH].[HH].[HH].[HH].[HH]. The van der Waals surface area contributed by atoms with E-state index in [1.54, 1.807) is 35.4 Å². The third-order valence-corrected chi connectivity index (χ3v) is 27.8. The van der Waals surface area contributed by atoms with Crippen LogP contribution in [0.5, 0.6) is 0 Å². The predicted octanol–water partition coefficient (Wildman–Crippen LogP) is 36.6. The first-order valence-electron chi connectivity index (χ1n) is 46.1. The lowest BCUT2D eigenvalue weighted by atomic mass is 9.79. The minimum atomic E-state index is -0.168. The van der Waals surface area contributed by atoms with E-state index in [9.17, 15) is 17.6 Å². The molecule has 0 saturated heterocycles. The van der Waals surface area contributed by atoms with E-state index in [1.807, 2.05) is 136 Å². The zero-order valence-electron chi connectivity index (χ0n) is 74.1. The summed E-state index contributed by atoms with van der Waals surface area (Å²) < 4.78 is 57.6. The normalized spacial score (nSPS) is 20.7. The Hall–Kier alpha value is -10.4. The second-order valence-electron chi connectivity index (χ2n) is 37.4. The average Bonchev–Trinajstić information content (AvgIpc) is 0.828. The molecule has 638 valence electrons. The zero-order chi connectivity index (χ0) is 85.2. The molecule has 122 heavy (non-hydrogen) atoms. The maximum absolute atomic E-state index is 14.9. The maximum atomic E-state index is 14.9. The molecule has 13 aromatic rings. The molecule has 4 heteroatoms. The van der Waals surface area contributed by atoms with Gasteiger partial charge in [0.05, 0.1) is 0 Å². The fraction of sp³-hybridized carbons (Fsp3) is 0.339. The number of benzene rings is 13. The van der Waals surface area contributed by atoms with Crippen molar-refractivity contribution >= 4 is 0 Å². The van der Waals surface area contributed by atoms with Crippen LogP contribution in [0.2, 0.25) is 0 Å². The van der Waals surface area contributed by atoms with Gasteiger partial charge in [0, 0.05) is 29.4 Å². The minimum Gasteiger partial charge on any atom is -0.206 e. The number of aryl methyl sites for hydroxylation is 5. The minimum absolute atomic E-state index is 0. The highest BCUT2D eigenvalue weighted by atomic mass is 19.1. The van der Waals surface area contributed by atoms with E-state index in [0.29, 0.717) is 34.4 Å². The molecule has 13 aromatic carbocycles. The first-order chi connectivity index (χ1) is 59.1. The fourth-order valence-electron chi connectivity index (χ4n) is 19.3. The van der Waals surface area contributed by atoms with Crippen LogP contribution in [-0.2, 0) is 0 Å². The molecule has 5 saturated carbocycles. The van der Waals surface area contributed by atoms with E-state index < -0.39 is 0 Å².